The van der Waals surface area contributed by atoms with Crippen molar-refractivity contribution in [3.8, 4) is 0 Å². The van der Waals surface area contributed by atoms with E-state index in [0.29, 0.717) is 6.42 Å². The number of likely N-dealkylation sites (N-methyl/N-ethyl adjacent to an activating group) is 1. The van der Waals surface area contributed by atoms with E-state index < -0.39 is 0 Å². The number of nitrogens with zero attached hydrogens (tertiary/aromatic N) is 1. The first-order chi connectivity index (χ1) is 4.79. The van der Waals surface area contributed by atoms with Crippen LogP contribution in [0.15, 0.2) is 0 Å². The van der Waals surface area contributed by atoms with Crippen LogP contribution in [0, 0.1) is 0 Å². The van der Waals surface area contributed by atoms with Gasteiger partial charge in [0.25, 0.3) is 0 Å². The van der Waals surface area contributed by atoms with Gasteiger partial charge in [-0.2, -0.15) is 0 Å². The minimum absolute atomic E-state index is 0.212. The summed E-state index contributed by atoms with van der Waals surface area (Å²) in [5.41, 5.74) is 0. The Labute approximate surface area is 61.0 Å². The van der Waals surface area contributed by atoms with E-state index in [-0.39, 0.29) is 12.0 Å². The number of methoxy groups -OCH3 is 1. The molecule has 1 aliphatic heterocycles. The summed E-state index contributed by atoms with van der Waals surface area (Å²) in [6.45, 7) is 3.78. The minimum atomic E-state index is -0.259. The van der Waals surface area contributed by atoms with Crippen LogP contribution in [0.4, 0.5) is 0 Å². The molecule has 0 aliphatic carbocycles. The topological polar surface area (TPSA) is 29.5 Å². The van der Waals surface area contributed by atoms with Crippen molar-refractivity contribution in [2.24, 2.45) is 0 Å². The number of rotatable bonds is 2. The Balaban J connectivity index is 2.54. The Hall–Kier alpha value is -0.410. The third-order valence-electron chi connectivity index (χ3n) is 1.88. The van der Waals surface area contributed by atoms with E-state index in [1.165, 1.54) is 0 Å². The van der Waals surface area contributed by atoms with Gasteiger partial charge in [-0.25, -0.2) is 0 Å². The van der Waals surface area contributed by atoms with Crippen molar-refractivity contribution in [3.05, 3.63) is 0 Å². The van der Waals surface area contributed by atoms with Crippen LogP contribution in [0.1, 0.15) is 13.3 Å². The van der Waals surface area contributed by atoms with Gasteiger partial charge in [0.15, 0.2) is 12.0 Å². The predicted octanol–water partition coefficient (Wildman–Crippen LogP) is 0.254. The standard InChI is InChI=1S/C7H13NO2/c1-3-8-5-4-6(9)7(8)10-2/h7H,3-5H2,1-2H3. The zero-order valence-corrected chi connectivity index (χ0v) is 6.46. The van der Waals surface area contributed by atoms with E-state index in [9.17, 15) is 4.79 Å². The van der Waals surface area contributed by atoms with Crippen molar-refractivity contribution in [2.45, 2.75) is 19.6 Å². The highest BCUT2D eigenvalue weighted by Crippen LogP contribution is 2.12. The summed E-state index contributed by atoms with van der Waals surface area (Å²) in [4.78, 5) is 13.0. The van der Waals surface area contributed by atoms with Crippen LogP contribution < -0.4 is 0 Å². The quantitative estimate of drug-likeness (QED) is 0.555. The summed E-state index contributed by atoms with van der Waals surface area (Å²) in [5, 5.41) is 0. The number of ether oxygens (including phenoxy) is 1. The van der Waals surface area contributed by atoms with Crippen molar-refractivity contribution in [3.63, 3.8) is 0 Å². The van der Waals surface area contributed by atoms with E-state index in [2.05, 4.69) is 0 Å². The van der Waals surface area contributed by atoms with Gasteiger partial charge in [0, 0.05) is 20.1 Å². The van der Waals surface area contributed by atoms with Gasteiger partial charge in [0.2, 0.25) is 0 Å². The predicted molar refractivity (Wildman–Crippen MR) is 37.7 cm³/mol. The van der Waals surface area contributed by atoms with Crippen LogP contribution in [-0.2, 0) is 9.53 Å². The van der Waals surface area contributed by atoms with Crippen molar-refractivity contribution in [2.75, 3.05) is 20.2 Å². The Bertz CT molecular complexity index is 136. The first-order valence-electron chi connectivity index (χ1n) is 3.59. The third-order valence-corrected chi connectivity index (χ3v) is 1.88. The normalized spacial score (nSPS) is 27.8. The van der Waals surface area contributed by atoms with E-state index in [1.54, 1.807) is 7.11 Å². The second kappa shape index (κ2) is 3.12. The summed E-state index contributed by atoms with van der Waals surface area (Å²) >= 11 is 0. The molecule has 3 heteroatoms. The number of carbonyl (C=O) groups is 1. The van der Waals surface area contributed by atoms with Crippen LogP contribution in [0.2, 0.25) is 0 Å². The molecule has 1 atom stereocenters. The molecular weight excluding hydrogens is 130 g/mol. The molecule has 0 N–H and O–H groups in total. The average molecular weight is 143 g/mol. The summed E-state index contributed by atoms with van der Waals surface area (Å²) < 4.78 is 5.00. The molecule has 10 heavy (non-hydrogen) atoms. The van der Waals surface area contributed by atoms with Crippen LogP contribution >= 0.6 is 0 Å². The van der Waals surface area contributed by atoms with Gasteiger partial charge in [-0.1, -0.05) is 6.92 Å². The Kier molecular flexibility index (Phi) is 2.40. The molecule has 1 fully saturated rings. The first-order valence-corrected chi connectivity index (χ1v) is 3.59. The molecule has 0 bridgehead atoms. The minimum Gasteiger partial charge on any atom is -0.359 e. The van der Waals surface area contributed by atoms with Gasteiger partial charge in [0.1, 0.15) is 0 Å². The van der Waals surface area contributed by atoms with Crippen molar-refractivity contribution in [1.29, 1.82) is 0 Å². The number of carbonyl (C=O) groups excluding carboxylic acids is 1. The molecule has 0 radical (unpaired) electrons. The first kappa shape index (κ1) is 7.69. The molecule has 1 heterocycles. The van der Waals surface area contributed by atoms with Crippen LogP contribution in [0.3, 0.4) is 0 Å². The molecule has 1 unspecified atom stereocenters. The molecule has 0 aromatic rings. The monoisotopic (exact) mass is 143 g/mol. The second-order valence-corrected chi connectivity index (χ2v) is 2.43. The van der Waals surface area contributed by atoms with Gasteiger partial charge >= 0.3 is 0 Å². The Morgan fingerprint density at radius 1 is 1.80 bits per heavy atom. The van der Waals surface area contributed by atoms with Crippen molar-refractivity contribution >= 4 is 5.78 Å². The number of likely N-dealkylation sites (tertiary alicyclic amines) is 1. The second-order valence-electron chi connectivity index (χ2n) is 2.43. The Morgan fingerprint density at radius 2 is 2.50 bits per heavy atom. The number of Topliss-reactive ketones (excluding diaryl/α,β-unsaturated/α-hetero) is 1. The van der Waals surface area contributed by atoms with E-state index in [4.69, 9.17) is 4.74 Å². The molecule has 0 aromatic carbocycles. The summed E-state index contributed by atoms with van der Waals surface area (Å²) in [5.74, 6) is 0.212. The molecule has 0 amide bonds. The fourth-order valence-electron chi connectivity index (χ4n) is 1.30. The SMILES string of the molecule is CCN1CCC(=O)C1OC. The third kappa shape index (κ3) is 1.20. The number of hydrogen-bond acceptors (Lipinski definition) is 3. The molecule has 0 aromatic heterocycles. The maximum absolute atomic E-state index is 11.0. The summed E-state index contributed by atoms with van der Waals surface area (Å²) in [6, 6.07) is 0. The lowest BCUT2D eigenvalue weighted by molar-refractivity contribution is -0.131. The van der Waals surface area contributed by atoms with Gasteiger partial charge < -0.3 is 4.74 Å². The zero-order valence-electron chi connectivity index (χ0n) is 6.46. The lowest BCUT2D eigenvalue weighted by Gasteiger charge is -2.18. The molecular formula is C7H13NO2. The van der Waals surface area contributed by atoms with E-state index in [0.717, 1.165) is 13.1 Å². The zero-order chi connectivity index (χ0) is 7.56. The highest BCUT2D eigenvalue weighted by molar-refractivity contribution is 5.84. The fraction of sp³-hybridized carbons (Fsp3) is 0.857. The molecule has 0 spiro atoms. The molecule has 1 rings (SSSR count). The maximum atomic E-state index is 11.0. The highest BCUT2D eigenvalue weighted by atomic mass is 16.5. The van der Waals surface area contributed by atoms with Crippen LogP contribution in [0.5, 0.6) is 0 Å². The molecule has 58 valence electrons. The number of ketones is 1. The molecule has 1 saturated heterocycles. The lowest BCUT2D eigenvalue weighted by Crippen LogP contribution is -2.34. The molecule has 1 aliphatic rings. The number of hydrogen-bond donors (Lipinski definition) is 0. The van der Waals surface area contributed by atoms with Crippen LogP contribution in [-0.4, -0.2) is 37.1 Å². The van der Waals surface area contributed by atoms with Crippen LogP contribution in [0.25, 0.3) is 0 Å². The van der Waals surface area contributed by atoms with Gasteiger partial charge in [-0.15, -0.1) is 0 Å². The molecule has 3 nitrogen and oxygen atoms in total. The van der Waals surface area contributed by atoms with Gasteiger partial charge in [-0.3, -0.25) is 9.69 Å². The summed E-state index contributed by atoms with van der Waals surface area (Å²) in [7, 11) is 1.58. The Morgan fingerprint density at radius 3 is 2.90 bits per heavy atom. The lowest BCUT2D eigenvalue weighted by atomic mass is 10.3. The largest absolute Gasteiger partial charge is 0.359 e. The van der Waals surface area contributed by atoms with E-state index >= 15 is 0 Å². The van der Waals surface area contributed by atoms with Crippen molar-refractivity contribution in [1.82, 2.24) is 4.90 Å². The van der Waals surface area contributed by atoms with Crippen molar-refractivity contribution < 1.29 is 9.53 Å². The maximum Gasteiger partial charge on any atom is 0.177 e. The fourth-order valence-corrected chi connectivity index (χ4v) is 1.30. The summed E-state index contributed by atoms with van der Waals surface area (Å²) in [6.07, 6.45) is 0.386. The average Bonchev–Trinajstić information content (AvgIpc) is 2.30. The van der Waals surface area contributed by atoms with Gasteiger partial charge in [-0.05, 0) is 6.54 Å². The van der Waals surface area contributed by atoms with E-state index in [1.807, 2.05) is 11.8 Å². The molecule has 0 saturated carbocycles. The highest BCUT2D eigenvalue weighted by Gasteiger charge is 2.30. The van der Waals surface area contributed by atoms with Gasteiger partial charge in [0.05, 0.1) is 0 Å². The smallest absolute Gasteiger partial charge is 0.177 e.